The van der Waals surface area contributed by atoms with E-state index in [-0.39, 0.29) is 6.29 Å². The third-order valence-corrected chi connectivity index (χ3v) is 1.74. The fraction of sp³-hybridized carbons (Fsp3) is 0.800. The average molecular weight is 214 g/mol. The molecule has 0 aromatic carbocycles. The zero-order valence-electron chi connectivity index (χ0n) is 6.77. The van der Waals surface area contributed by atoms with Gasteiger partial charge in [-0.1, -0.05) is 0 Å². The molecular formula is C5H11O7P. The summed E-state index contributed by atoms with van der Waals surface area (Å²) in [5, 5.41) is 17.8. The van der Waals surface area contributed by atoms with Gasteiger partial charge < -0.3 is 24.8 Å². The SMILES string of the molecule is C[C@@H](O)[C@@H](O)[C@H](C=O)OP(=O)(O)O. The van der Waals surface area contributed by atoms with E-state index in [4.69, 9.17) is 20.0 Å². The molecule has 78 valence electrons. The van der Waals surface area contributed by atoms with E-state index in [1.807, 2.05) is 0 Å². The summed E-state index contributed by atoms with van der Waals surface area (Å²) < 4.78 is 14.1. The van der Waals surface area contributed by atoms with E-state index in [0.717, 1.165) is 6.92 Å². The zero-order chi connectivity index (χ0) is 10.6. The van der Waals surface area contributed by atoms with Crippen molar-refractivity contribution in [1.29, 1.82) is 0 Å². The van der Waals surface area contributed by atoms with Gasteiger partial charge in [0.05, 0.1) is 6.10 Å². The van der Waals surface area contributed by atoms with E-state index in [1.165, 1.54) is 0 Å². The largest absolute Gasteiger partial charge is 0.470 e. The summed E-state index contributed by atoms with van der Waals surface area (Å²) in [6, 6.07) is 0. The third-order valence-electron chi connectivity index (χ3n) is 1.22. The van der Waals surface area contributed by atoms with Crippen LogP contribution < -0.4 is 0 Å². The molecule has 0 radical (unpaired) electrons. The van der Waals surface area contributed by atoms with Crippen LogP contribution in [0.1, 0.15) is 6.92 Å². The lowest BCUT2D eigenvalue weighted by molar-refractivity contribution is -0.124. The number of rotatable bonds is 5. The number of hydrogen-bond acceptors (Lipinski definition) is 5. The van der Waals surface area contributed by atoms with Gasteiger partial charge in [0.15, 0.2) is 12.4 Å². The van der Waals surface area contributed by atoms with Gasteiger partial charge in [-0.25, -0.2) is 4.57 Å². The predicted molar refractivity (Wildman–Crippen MR) is 40.7 cm³/mol. The van der Waals surface area contributed by atoms with Crippen LogP contribution in [0.25, 0.3) is 0 Å². The smallest absolute Gasteiger partial charge is 0.391 e. The van der Waals surface area contributed by atoms with Crippen LogP contribution in [0.4, 0.5) is 0 Å². The molecule has 0 amide bonds. The molecule has 0 aromatic rings. The monoisotopic (exact) mass is 214 g/mol. The van der Waals surface area contributed by atoms with E-state index >= 15 is 0 Å². The van der Waals surface area contributed by atoms with E-state index in [1.54, 1.807) is 0 Å². The first-order valence-corrected chi connectivity index (χ1v) is 4.86. The Hall–Kier alpha value is -0.300. The second-order valence-corrected chi connectivity index (χ2v) is 3.62. The molecular weight excluding hydrogens is 203 g/mol. The number of hydrogen-bond donors (Lipinski definition) is 4. The molecule has 0 bridgehead atoms. The third kappa shape index (κ3) is 5.09. The highest BCUT2D eigenvalue weighted by atomic mass is 31.2. The van der Waals surface area contributed by atoms with E-state index < -0.39 is 26.1 Å². The summed E-state index contributed by atoms with van der Waals surface area (Å²) in [5.74, 6) is 0. The van der Waals surface area contributed by atoms with E-state index in [9.17, 15) is 9.36 Å². The first-order valence-electron chi connectivity index (χ1n) is 3.33. The molecule has 0 saturated carbocycles. The molecule has 3 atom stereocenters. The van der Waals surface area contributed by atoms with Crippen LogP contribution >= 0.6 is 7.82 Å². The van der Waals surface area contributed by atoms with Crippen molar-refractivity contribution in [3.63, 3.8) is 0 Å². The Morgan fingerprint density at radius 3 is 2.08 bits per heavy atom. The van der Waals surface area contributed by atoms with Crippen LogP contribution in [-0.2, 0) is 13.9 Å². The van der Waals surface area contributed by atoms with Crippen LogP contribution in [0, 0.1) is 0 Å². The second kappa shape index (κ2) is 4.80. The molecule has 0 aliphatic carbocycles. The molecule has 0 saturated heterocycles. The molecule has 0 heterocycles. The number of carbonyl (C=O) groups excluding carboxylic acids is 1. The molecule has 0 aliphatic heterocycles. The molecule has 7 nitrogen and oxygen atoms in total. The van der Waals surface area contributed by atoms with Crippen LogP contribution in [0.5, 0.6) is 0 Å². The Kier molecular flexibility index (Phi) is 4.69. The van der Waals surface area contributed by atoms with Gasteiger partial charge in [-0.2, -0.15) is 0 Å². The van der Waals surface area contributed by atoms with Crippen LogP contribution in [0.2, 0.25) is 0 Å². The second-order valence-electron chi connectivity index (χ2n) is 2.43. The lowest BCUT2D eigenvalue weighted by atomic mass is 10.1. The molecule has 0 rings (SSSR count). The minimum Gasteiger partial charge on any atom is -0.391 e. The van der Waals surface area contributed by atoms with Gasteiger partial charge in [0.1, 0.15) is 6.10 Å². The highest BCUT2D eigenvalue weighted by Crippen LogP contribution is 2.37. The summed E-state index contributed by atoms with van der Waals surface area (Å²) in [4.78, 5) is 26.8. The van der Waals surface area contributed by atoms with Crippen molar-refractivity contribution in [2.45, 2.75) is 25.2 Å². The number of carbonyl (C=O) groups is 1. The summed E-state index contributed by atoms with van der Waals surface area (Å²) >= 11 is 0. The highest BCUT2D eigenvalue weighted by molar-refractivity contribution is 7.46. The van der Waals surface area contributed by atoms with Crippen molar-refractivity contribution in [2.75, 3.05) is 0 Å². The zero-order valence-corrected chi connectivity index (χ0v) is 7.66. The van der Waals surface area contributed by atoms with Gasteiger partial charge in [0, 0.05) is 0 Å². The van der Waals surface area contributed by atoms with Gasteiger partial charge in [0.25, 0.3) is 0 Å². The lowest BCUT2D eigenvalue weighted by Crippen LogP contribution is -2.37. The Morgan fingerprint density at radius 1 is 1.38 bits per heavy atom. The minimum absolute atomic E-state index is 0.0104. The summed E-state index contributed by atoms with van der Waals surface area (Å²) in [6.45, 7) is 1.16. The van der Waals surface area contributed by atoms with Crippen molar-refractivity contribution < 1.29 is 33.9 Å². The van der Waals surface area contributed by atoms with Gasteiger partial charge in [-0.05, 0) is 6.92 Å². The molecule has 0 aromatic heterocycles. The highest BCUT2D eigenvalue weighted by Gasteiger charge is 2.30. The molecule has 0 unspecified atom stereocenters. The summed E-state index contributed by atoms with van der Waals surface area (Å²) in [5.41, 5.74) is 0. The lowest BCUT2D eigenvalue weighted by Gasteiger charge is -2.20. The van der Waals surface area contributed by atoms with Crippen molar-refractivity contribution >= 4 is 14.1 Å². The van der Waals surface area contributed by atoms with E-state index in [2.05, 4.69) is 4.52 Å². The maximum Gasteiger partial charge on any atom is 0.470 e. The number of aliphatic hydroxyl groups is 2. The fourth-order valence-corrected chi connectivity index (χ4v) is 1.09. The maximum atomic E-state index is 10.2. The Labute approximate surface area is 74.2 Å². The average Bonchev–Trinajstić information content (AvgIpc) is 1.97. The number of aldehydes is 1. The molecule has 4 N–H and O–H groups in total. The minimum atomic E-state index is -4.83. The molecule has 0 fully saturated rings. The van der Waals surface area contributed by atoms with Gasteiger partial charge in [-0.3, -0.25) is 4.52 Å². The van der Waals surface area contributed by atoms with Crippen LogP contribution in [-0.4, -0.2) is 44.6 Å². The van der Waals surface area contributed by atoms with Crippen molar-refractivity contribution in [3.05, 3.63) is 0 Å². The van der Waals surface area contributed by atoms with Crippen LogP contribution in [0.15, 0.2) is 0 Å². The topological polar surface area (TPSA) is 124 Å². The summed E-state index contributed by atoms with van der Waals surface area (Å²) in [7, 11) is -4.83. The summed E-state index contributed by atoms with van der Waals surface area (Å²) in [6.07, 6.45) is -4.70. The molecule has 0 spiro atoms. The van der Waals surface area contributed by atoms with Crippen molar-refractivity contribution in [3.8, 4) is 0 Å². The quantitative estimate of drug-likeness (QED) is 0.321. The number of phosphoric acid groups is 1. The van der Waals surface area contributed by atoms with E-state index in [0.29, 0.717) is 0 Å². The van der Waals surface area contributed by atoms with Crippen LogP contribution in [0.3, 0.4) is 0 Å². The van der Waals surface area contributed by atoms with Crippen molar-refractivity contribution in [2.24, 2.45) is 0 Å². The Bertz CT molecular complexity index is 209. The number of aliphatic hydroxyl groups excluding tert-OH is 2. The number of phosphoric ester groups is 1. The molecule has 8 heteroatoms. The Morgan fingerprint density at radius 2 is 1.85 bits per heavy atom. The Balaban J connectivity index is 4.35. The van der Waals surface area contributed by atoms with Gasteiger partial charge in [0.2, 0.25) is 0 Å². The molecule has 13 heavy (non-hydrogen) atoms. The predicted octanol–water partition coefficient (Wildman–Crippen LogP) is -1.60. The normalized spacial score (nSPS) is 19.2. The van der Waals surface area contributed by atoms with Gasteiger partial charge in [-0.15, -0.1) is 0 Å². The first kappa shape index (κ1) is 12.7. The maximum absolute atomic E-state index is 10.2. The first-order chi connectivity index (χ1) is 5.78. The van der Waals surface area contributed by atoms with Crippen molar-refractivity contribution in [1.82, 2.24) is 0 Å². The van der Waals surface area contributed by atoms with Gasteiger partial charge >= 0.3 is 7.82 Å². The fourth-order valence-electron chi connectivity index (χ4n) is 0.601. The standard InChI is InChI=1S/C5H11O7P/c1-3(7)5(8)4(2-6)12-13(9,10)11/h2-5,7-8H,1H3,(H2,9,10,11)/t3-,4+,5-/m1/s1. The molecule has 0 aliphatic rings.